The van der Waals surface area contributed by atoms with Gasteiger partial charge in [0.25, 0.3) is 0 Å². The molecule has 1 aromatic carbocycles. The van der Waals surface area contributed by atoms with Gasteiger partial charge in [-0.25, -0.2) is 0 Å². The van der Waals surface area contributed by atoms with Gasteiger partial charge in [0, 0.05) is 6.61 Å². The first-order chi connectivity index (χ1) is 8.83. The van der Waals surface area contributed by atoms with Crippen LogP contribution in [0, 0.1) is 0 Å². The monoisotopic (exact) mass is 249 g/mol. The molecule has 0 spiro atoms. The van der Waals surface area contributed by atoms with Gasteiger partial charge in [-0.2, -0.15) is 0 Å². The third-order valence-electron chi connectivity index (χ3n) is 3.42. The maximum atomic E-state index is 6.27. The standard InChI is InChI=1S/C15H23NO2/c1-2-9-17-10-11-18-14-8-7-12-5-3-4-6-13(12)15(14)16/h3-6,14-15H,2,7-11,16H2,1H3. The number of ether oxygens (including phenoxy) is 2. The molecule has 18 heavy (non-hydrogen) atoms. The number of hydrogen-bond donors (Lipinski definition) is 1. The summed E-state index contributed by atoms with van der Waals surface area (Å²) in [6, 6.07) is 8.40. The third-order valence-corrected chi connectivity index (χ3v) is 3.42. The lowest BCUT2D eigenvalue weighted by molar-refractivity contribution is -0.0125. The molecular formula is C15H23NO2. The largest absolute Gasteiger partial charge is 0.379 e. The lowest BCUT2D eigenvalue weighted by Crippen LogP contribution is -2.34. The highest BCUT2D eigenvalue weighted by Crippen LogP contribution is 2.29. The highest BCUT2D eigenvalue weighted by molar-refractivity contribution is 5.33. The van der Waals surface area contributed by atoms with Crippen molar-refractivity contribution in [2.45, 2.75) is 38.3 Å². The summed E-state index contributed by atoms with van der Waals surface area (Å²) in [6.45, 7) is 4.22. The Labute approximate surface area is 109 Å². The first-order valence-corrected chi connectivity index (χ1v) is 6.85. The topological polar surface area (TPSA) is 44.5 Å². The molecule has 1 aliphatic rings. The molecule has 0 aliphatic heterocycles. The van der Waals surface area contributed by atoms with Crippen molar-refractivity contribution in [3.05, 3.63) is 35.4 Å². The predicted octanol–water partition coefficient (Wildman–Crippen LogP) is 2.44. The van der Waals surface area contributed by atoms with Crippen LogP contribution in [0.1, 0.15) is 36.9 Å². The first-order valence-electron chi connectivity index (χ1n) is 6.85. The molecule has 100 valence electrons. The molecule has 0 heterocycles. The Balaban J connectivity index is 1.82. The van der Waals surface area contributed by atoms with Crippen molar-refractivity contribution in [2.24, 2.45) is 5.73 Å². The van der Waals surface area contributed by atoms with Gasteiger partial charge in [-0.3, -0.25) is 0 Å². The van der Waals surface area contributed by atoms with Crippen LogP contribution in [0.25, 0.3) is 0 Å². The van der Waals surface area contributed by atoms with E-state index in [1.165, 1.54) is 11.1 Å². The lowest BCUT2D eigenvalue weighted by Gasteiger charge is -2.31. The molecule has 1 aromatic rings. The van der Waals surface area contributed by atoms with E-state index in [9.17, 15) is 0 Å². The molecule has 0 saturated carbocycles. The fourth-order valence-corrected chi connectivity index (χ4v) is 2.46. The summed E-state index contributed by atoms with van der Waals surface area (Å²) in [7, 11) is 0. The zero-order valence-electron chi connectivity index (χ0n) is 11.1. The van der Waals surface area contributed by atoms with E-state index >= 15 is 0 Å². The second kappa shape index (κ2) is 6.88. The second-order valence-electron chi connectivity index (χ2n) is 4.78. The number of fused-ring (bicyclic) bond motifs is 1. The molecule has 3 heteroatoms. The number of rotatable bonds is 6. The van der Waals surface area contributed by atoms with Crippen LogP contribution in [-0.4, -0.2) is 25.9 Å². The number of nitrogens with two attached hydrogens (primary N) is 1. The van der Waals surface area contributed by atoms with E-state index in [0.29, 0.717) is 13.2 Å². The average molecular weight is 249 g/mol. The van der Waals surface area contributed by atoms with Crippen molar-refractivity contribution >= 4 is 0 Å². The Morgan fingerprint density at radius 3 is 2.89 bits per heavy atom. The number of benzene rings is 1. The quantitative estimate of drug-likeness (QED) is 0.788. The molecular weight excluding hydrogens is 226 g/mol. The minimum atomic E-state index is 0.00104. The lowest BCUT2D eigenvalue weighted by atomic mass is 9.86. The SMILES string of the molecule is CCCOCCOC1CCc2ccccc2C1N. The van der Waals surface area contributed by atoms with E-state index in [0.717, 1.165) is 25.9 Å². The summed E-state index contributed by atoms with van der Waals surface area (Å²) < 4.78 is 11.3. The Hall–Kier alpha value is -0.900. The van der Waals surface area contributed by atoms with Crippen LogP contribution in [0.5, 0.6) is 0 Å². The van der Waals surface area contributed by atoms with Crippen LogP contribution < -0.4 is 5.73 Å². The first kappa shape index (κ1) is 13.5. The molecule has 0 saturated heterocycles. The fourth-order valence-electron chi connectivity index (χ4n) is 2.46. The molecule has 2 atom stereocenters. The second-order valence-corrected chi connectivity index (χ2v) is 4.78. The van der Waals surface area contributed by atoms with Crippen LogP contribution >= 0.6 is 0 Å². The van der Waals surface area contributed by atoms with Crippen molar-refractivity contribution in [1.82, 2.24) is 0 Å². The molecule has 2 rings (SSSR count). The summed E-state index contributed by atoms with van der Waals surface area (Å²) in [5.74, 6) is 0. The smallest absolute Gasteiger partial charge is 0.0772 e. The maximum absolute atomic E-state index is 6.27. The maximum Gasteiger partial charge on any atom is 0.0772 e. The van der Waals surface area contributed by atoms with Gasteiger partial charge in [-0.05, 0) is 30.4 Å². The van der Waals surface area contributed by atoms with Crippen LogP contribution in [0.15, 0.2) is 24.3 Å². The van der Waals surface area contributed by atoms with Gasteiger partial charge >= 0.3 is 0 Å². The Kier molecular flexibility index (Phi) is 5.17. The third kappa shape index (κ3) is 3.31. The van der Waals surface area contributed by atoms with Gasteiger partial charge in [-0.15, -0.1) is 0 Å². The highest BCUT2D eigenvalue weighted by atomic mass is 16.5. The van der Waals surface area contributed by atoms with Crippen LogP contribution in [0.2, 0.25) is 0 Å². The van der Waals surface area contributed by atoms with Crippen molar-refractivity contribution in [3.8, 4) is 0 Å². The molecule has 0 bridgehead atoms. The van der Waals surface area contributed by atoms with Crippen LogP contribution in [-0.2, 0) is 15.9 Å². The molecule has 3 nitrogen and oxygen atoms in total. The Morgan fingerprint density at radius 1 is 1.22 bits per heavy atom. The van der Waals surface area contributed by atoms with Crippen LogP contribution in [0.3, 0.4) is 0 Å². The van der Waals surface area contributed by atoms with Gasteiger partial charge in [0.1, 0.15) is 0 Å². The summed E-state index contributed by atoms with van der Waals surface area (Å²) in [6.07, 6.45) is 3.25. The summed E-state index contributed by atoms with van der Waals surface area (Å²) in [4.78, 5) is 0. The van der Waals surface area contributed by atoms with Crippen LogP contribution in [0.4, 0.5) is 0 Å². The summed E-state index contributed by atoms with van der Waals surface area (Å²) in [5.41, 5.74) is 8.87. The van der Waals surface area contributed by atoms with Crippen molar-refractivity contribution in [1.29, 1.82) is 0 Å². The van der Waals surface area contributed by atoms with E-state index in [2.05, 4.69) is 25.1 Å². The van der Waals surface area contributed by atoms with E-state index in [1.807, 2.05) is 6.07 Å². The van der Waals surface area contributed by atoms with Crippen molar-refractivity contribution in [3.63, 3.8) is 0 Å². The molecule has 0 radical (unpaired) electrons. The minimum absolute atomic E-state index is 0.00104. The van der Waals surface area contributed by atoms with Gasteiger partial charge in [0.15, 0.2) is 0 Å². The summed E-state index contributed by atoms with van der Waals surface area (Å²) >= 11 is 0. The van der Waals surface area contributed by atoms with E-state index < -0.39 is 0 Å². The average Bonchev–Trinajstić information content (AvgIpc) is 2.41. The number of aryl methyl sites for hydroxylation is 1. The number of hydrogen-bond acceptors (Lipinski definition) is 3. The molecule has 0 aromatic heterocycles. The van der Waals surface area contributed by atoms with E-state index in [1.54, 1.807) is 0 Å². The predicted molar refractivity (Wildman–Crippen MR) is 72.5 cm³/mol. The molecule has 2 unspecified atom stereocenters. The Morgan fingerprint density at radius 2 is 2.06 bits per heavy atom. The molecule has 0 fully saturated rings. The Bertz CT molecular complexity index is 367. The zero-order valence-corrected chi connectivity index (χ0v) is 11.1. The molecule has 1 aliphatic carbocycles. The molecule has 2 N–H and O–H groups in total. The van der Waals surface area contributed by atoms with Gasteiger partial charge in [0.2, 0.25) is 0 Å². The van der Waals surface area contributed by atoms with Crippen molar-refractivity contribution < 1.29 is 9.47 Å². The normalized spacial score (nSPS) is 22.8. The van der Waals surface area contributed by atoms with E-state index in [4.69, 9.17) is 15.2 Å². The van der Waals surface area contributed by atoms with E-state index in [-0.39, 0.29) is 12.1 Å². The molecule has 0 amide bonds. The van der Waals surface area contributed by atoms with Crippen molar-refractivity contribution in [2.75, 3.05) is 19.8 Å². The van der Waals surface area contributed by atoms with Gasteiger partial charge < -0.3 is 15.2 Å². The zero-order chi connectivity index (χ0) is 12.8. The summed E-state index contributed by atoms with van der Waals surface area (Å²) in [5, 5.41) is 0. The fraction of sp³-hybridized carbons (Fsp3) is 0.600. The minimum Gasteiger partial charge on any atom is -0.379 e. The van der Waals surface area contributed by atoms with Gasteiger partial charge in [-0.1, -0.05) is 31.2 Å². The highest BCUT2D eigenvalue weighted by Gasteiger charge is 2.26. The van der Waals surface area contributed by atoms with Gasteiger partial charge in [0.05, 0.1) is 25.4 Å².